The fraction of sp³-hybridized carbons (Fsp3) is 0.286. The van der Waals surface area contributed by atoms with Gasteiger partial charge in [0.2, 0.25) is 5.60 Å². The lowest BCUT2D eigenvalue weighted by Gasteiger charge is -2.26. The lowest BCUT2D eigenvalue weighted by atomic mass is 9.94. The van der Waals surface area contributed by atoms with Crippen molar-refractivity contribution in [2.75, 3.05) is 11.9 Å². The van der Waals surface area contributed by atoms with Gasteiger partial charge in [0.05, 0.1) is 6.54 Å². The van der Waals surface area contributed by atoms with Gasteiger partial charge in [-0.2, -0.15) is 22.0 Å². The van der Waals surface area contributed by atoms with E-state index in [9.17, 15) is 41.4 Å². The molecule has 0 aliphatic carbocycles. The molecule has 2 aromatic rings. The van der Waals surface area contributed by atoms with Crippen molar-refractivity contribution in [1.82, 2.24) is 10.6 Å². The highest BCUT2D eigenvalue weighted by Gasteiger charge is 2.58. The monoisotopic (exact) mass is 471 g/mol. The van der Waals surface area contributed by atoms with E-state index in [0.29, 0.717) is 29.3 Å². The minimum Gasteiger partial charge on any atom is -0.372 e. The van der Waals surface area contributed by atoms with Crippen LogP contribution in [0.4, 0.5) is 27.6 Å². The molecule has 3 rings (SSSR count). The quantitative estimate of drug-likeness (QED) is 0.397. The molecule has 1 aliphatic heterocycles. The Hall–Kier alpha value is -3.54. The van der Waals surface area contributed by atoms with E-state index in [1.54, 1.807) is 42.5 Å². The highest BCUT2D eigenvalue weighted by atomic mass is 19.4. The first-order valence-electron chi connectivity index (χ1n) is 9.51. The van der Waals surface area contributed by atoms with Crippen molar-refractivity contribution in [1.29, 1.82) is 0 Å². The molecule has 1 aliphatic rings. The van der Waals surface area contributed by atoms with Crippen LogP contribution in [-0.4, -0.2) is 47.1 Å². The predicted octanol–water partition coefficient (Wildman–Crippen LogP) is 2.53. The van der Waals surface area contributed by atoms with Gasteiger partial charge in [0, 0.05) is 11.3 Å². The molecule has 0 saturated carbocycles. The number of para-hydroxylation sites is 1. The van der Waals surface area contributed by atoms with E-state index in [0.717, 1.165) is 0 Å². The van der Waals surface area contributed by atoms with Crippen LogP contribution < -0.4 is 16.0 Å². The van der Waals surface area contributed by atoms with E-state index < -0.39 is 48.0 Å². The van der Waals surface area contributed by atoms with Crippen molar-refractivity contribution in [3.8, 4) is 11.1 Å². The smallest absolute Gasteiger partial charge is 0.372 e. The number of rotatable bonds is 5. The summed E-state index contributed by atoms with van der Waals surface area (Å²) in [5, 5.41) is 16.3. The third-order valence-corrected chi connectivity index (χ3v) is 5.05. The SMILES string of the molecule is CC(O)(C(=O)NCC(F)(F)C(F)(F)F)C(=O)N[C@@H]1C(=O)Nc2ccccc2-c2ccccc21. The average molecular weight is 471 g/mol. The Bertz CT molecular complexity index is 1100. The fourth-order valence-corrected chi connectivity index (χ4v) is 3.15. The van der Waals surface area contributed by atoms with Crippen LogP contribution in [0, 0.1) is 0 Å². The molecule has 0 bridgehead atoms. The number of anilines is 1. The molecule has 2 aromatic carbocycles. The Balaban J connectivity index is 1.83. The van der Waals surface area contributed by atoms with E-state index in [1.807, 2.05) is 0 Å². The van der Waals surface area contributed by atoms with Gasteiger partial charge in [-0.3, -0.25) is 14.4 Å². The molecule has 176 valence electrons. The third-order valence-electron chi connectivity index (χ3n) is 5.05. The van der Waals surface area contributed by atoms with Crippen LogP contribution in [0.5, 0.6) is 0 Å². The van der Waals surface area contributed by atoms with Crippen LogP contribution in [0.25, 0.3) is 11.1 Å². The summed E-state index contributed by atoms with van der Waals surface area (Å²) in [6.45, 7) is -1.57. The number of hydrogen-bond donors (Lipinski definition) is 4. The number of hydrogen-bond acceptors (Lipinski definition) is 4. The molecule has 33 heavy (non-hydrogen) atoms. The Morgan fingerprint density at radius 3 is 2.18 bits per heavy atom. The maximum absolute atomic E-state index is 13.1. The number of amides is 3. The largest absolute Gasteiger partial charge is 0.455 e. The Kier molecular flexibility index (Phi) is 6.16. The second-order valence-electron chi connectivity index (χ2n) is 7.49. The average Bonchev–Trinajstić information content (AvgIpc) is 2.86. The first kappa shape index (κ1) is 24.1. The minimum absolute atomic E-state index is 0.313. The topological polar surface area (TPSA) is 108 Å². The maximum atomic E-state index is 13.1. The van der Waals surface area contributed by atoms with Crippen LogP contribution in [0.15, 0.2) is 48.5 Å². The lowest BCUT2D eigenvalue weighted by Crippen LogP contribution is -2.58. The summed E-state index contributed by atoms with van der Waals surface area (Å²) >= 11 is 0. The van der Waals surface area contributed by atoms with Gasteiger partial charge < -0.3 is 21.1 Å². The minimum atomic E-state index is -5.94. The Labute approximate surface area is 184 Å². The van der Waals surface area contributed by atoms with Crippen LogP contribution in [0.3, 0.4) is 0 Å². The van der Waals surface area contributed by atoms with Crippen LogP contribution in [-0.2, 0) is 14.4 Å². The van der Waals surface area contributed by atoms with E-state index in [2.05, 4.69) is 10.6 Å². The number of carbonyl (C=O) groups excluding carboxylic acids is 3. The molecule has 0 aromatic heterocycles. The summed E-state index contributed by atoms with van der Waals surface area (Å²) in [6, 6.07) is 11.8. The van der Waals surface area contributed by atoms with E-state index in [1.165, 1.54) is 11.4 Å². The molecule has 0 fully saturated rings. The number of nitrogens with one attached hydrogen (secondary N) is 3. The van der Waals surface area contributed by atoms with Gasteiger partial charge in [-0.1, -0.05) is 42.5 Å². The molecule has 4 N–H and O–H groups in total. The number of benzene rings is 2. The summed E-state index contributed by atoms with van der Waals surface area (Å²) in [5.41, 5.74) is -1.11. The number of fused-ring (bicyclic) bond motifs is 3. The van der Waals surface area contributed by atoms with Gasteiger partial charge in [-0.25, -0.2) is 0 Å². The molecule has 1 heterocycles. The molecule has 0 saturated heterocycles. The first-order valence-corrected chi connectivity index (χ1v) is 9.51. The van der Waals surface area contributed by atoms with Crippen LogP contribution >= 0.6 is 0 Å². The van der Waals surface area contributed by atoms with Gasteiger partial charge in [-0.15, -0.1) is 0 Å². The van der Waals surface area contributed by atoms with Crippen molar-refractivity contribution in [2.45, 2.75) is 30.7 Å². The van der Waals surface area contributed by atoms with E-state index >= 15 is 0 Å². The van der Waals surface area contributed by atoms with Gasteiger partial charge in [0.1, 0.15) is 6.04 Å². The summed E-state index contributed by atoms with van der Waals surface area (Å²) in [7, 11) is 0. The van der Waals surface area contributed by atoms with Gasteiger partial charge >= 0.3 is 12.1 Å². The number of aliphatic hydroxyl groups is 1. The number of carbonyl (C=O) groups is 3. The molecule has 2 atom stereocenters. The lowest BCUT2D eigenvalue weighted by molar-refractivity contribution is -0.278. The molecule has 0 spiro atoms. The van der Waals surface area contributed by atoms with Gasteiger partial charge in [-0.05, 0) is 24.1 Å². The molecule has 0 radical (unpaired) electrons. The predicted molar refractivity (Wildman–Crippen MR) is 106 cm³/mol. The summed E-state index contributed by atoms with van der Waals surface area (Å²) in [6.07, 6.45) is -5.94. The Morgan fingerprint density at radius 1 is 0.970 bits per heavy atom. The normalized spacial score (nSPS) is 17.5. The zero-order chi connectivity index (χ0) is 24.6. The molecule has 1 unspecified atom stereocenters. The first-order chi connectivity index (χ1) is 15.3. The van der Waals surface area contributed by atoms with Crippen molar-refractivity contribution < 1.29 is 41.4 Å². The number of halogens is 5. The standard InChI is InChI=1S/C21H18F5N3O4/c1-19(33,17(31)27-10-20(22,23)21(24,25)26)18(32)29-15-13-8-3-2-6-11(13)12-7-4-5-9-14(12)28-16(15)30/h2-9,15,33H,10H2,1H3,(H,27,31)(H,28,30)(H,29,32)/t15-,19?/m0/s1. The summed E-state index contributed by atoms with van der Waals surface area (Å²) < 4.78 is 63.0. The Morgan fingerprint density at radius 2 is 1.55 bits per heavy atom. The number of alkyl halides is 5. The zero-order valence-electron chi connectivity index (χ0n) is 17.0. The second kappa shape index (κ2) is 8.43. The molecular weight excluding hydrogens is 453 g/mol. The molecule has 12 heteroatoms. The molecular formula is C21H18F5N3O4. The van der Waals surface area contributed by atoms with E-state index in [-0.39, 0.29) is 0 Å². The third kappa shape index (κ3) is 4.65. The zero-order valence-corrected chi connectivity index (χ0v) is 17.0. The summed E-state index contributed by atoms with van der Waals surface area (Å²) in [5.74, 6) is -9.27. The van der Waals surface area contributed by atoms with Crippen molar-refractivity contribution in [2.24, 2.45) is 0 Å². The fourth-order valence-electron chi connectivity index (χ4n) is 3.15. The summed E-state index contributed by atoms with van der Waals surface area (Å²) in [4.78, 5) is 37.5. The van der Waals surface area contributed by atoms with Gasteiger partial charge in [0.15, 0.2) is 0 Å². The van der Waals surface area contributed by atoms with Crippen LogP contribution in [0.1, 0.15) is 18.5 Å². The maximum Gasteiger partial charge on any atom is 0.455 e. The van der Waals surface area contributed by atoms with Crippen molar-refractivity contribution >= 4 is 23.4 Å². The van der Waals surface area contributed by atoms with Crippen LogP contribution in [0.2, 0.25) is 0 Å². The second-order valence-corrected chi connectivity index (χ2v) is 7.49. The highest BCUT2D eigenvalue weighted by molar-refractivity contribution is 6.10. The van der Waals surface area contributed by atoms with Crippen molar-refractivity contribution in [3.05, 3.63) is 54.1 Å². The highest BCUT2D eigenvalue weighted by Crippen LogP contribution is 2.37. The molecule has 3 amide bonds. The van der Waals surface area contributed by atoms with Gasteiger partial charge in [0.25, 0.3) is 17.7 Å². The van der Waals surface area contributed by atoms with Crippen molar-refractivity contribution in [3.63, 3.8) is 0 Å². The van der Waals surface area contributed by atoms with E-state index in [4.69, 9.17) is 0 Å². The molecule has 7 nitrogen and oxygen atoms in total.